The van der Waals surface area contributed by atoms with Crippen molar-refractivity contribution in [3.63, 3.8) is 0 Å². The summed E-state index contributed by atoms with van der Waals surface area (Å²) in [5, 5.41) is 2.89. The fraction of sp³-hybridized carbons (Fsp3) is 0.467. The van der Waals surface area contributed by atoms with Crippen LogP contribution in [0.25, 0.3) is 0 Å². The van der Waals surface area contributed by atoms with Crippen LogP contribution < -0.4 is 5.32 Å². The number of carbonyl (C=O) groups is 2. The number of likely N-dealkylation sites (tertiary alicyclic amines) is 1. The zero-order valence-electron chi connectivity index (χ0n) is 11.4. The molecule has 0 aliphatic carbocycles. The van der Waals surface area contributed by atoms with Gasteiger partial charge in [-0.3, -0.25) is 9.59 Å². The van der Waals surface area contributed by atoms with E-state index in [1.807, 2.05) is 44.2 Å². The zero-order valence-corrected chi connectivity index (χ0v) is 11.4. The third kappa shape index (κ3) is 3.34. The Labute approximate surface area is 113 Å². The summed E-state index contributed by atoms with van der Waals surface area (Å²) < 4.78 is 0. The molecule has 1 unspecified atom stereocenters. The molecule has 0 aromatic heterocycles. The van der Waals surface area contributed by atoms with Crippen molar-refractivity contribution < 1.29 is 9.59 Å². The maximum absolute atomic E-state index is 12.1. The average Bonchev–Trinajstić information content (AvgIpc) is 2.72. The molecule has 2 amide bonds. The van der Waals surface area contributed by atoms with E-state index >= 15 is 0 Å². The van der Waals surface area contributed by atoms with Crippen LogP contribution in [0.4, 0.5) is 0 Å². The Morgan fingerprint density at radius 1 is 1.37 bits per heavy atom. The van der Waals surface area contributed by atoms with Gasteiger partial charge in [-0.2, -0.15) is 0 Å². The van der Waals surface area contributed by atoms with Crippen molar-refractivity contribution in [2.24, 2.45) is 0 Å². The van der Waals surface area contributed by atoms with Gasteiger partial charge in [0.1, 0.15) is 6.04 Å². The quantitative estimate of drug-likeness (QED) is 0.896. The number of benzene rings is 1. The predicted octanol–water partition coefficient (Wildman–Crippen LogP) is 1.70. The summed E-state index contributed by atoms with van der Waals surface area (Å²) in [6.07, 6.45) is 1.08. The van der Waals surface area contributed by atoms with Crippen LogP contribution in [0.1, 0.15) is 32.3 Å². The van der Waals surface area contributed by atoms with Crippen molar-refractivity contribution in [2.45, 2.75) is 45.3 Å². The van der Waals surface area contributed by atoms with E-state index in [1.54, 1.807) is 4.90 Å². The van der Waals surface area contributed by atoms with E-state index in [0.29, 0.717) is 19.4 Å². The molecule has 4 nitrogen and oxygen atoms in total. The van der Waals surface area contributed by atoms with Gasteiger partial charge < -0.3 is 10.2 Å². The van der Waals surface area contributed by atoms with Crippen LogP contribution in [-0.2, 0) is 16.1 Å². The van der Waals surface area contributed by atoms with Crippen LogP contribution in [0.3, 0.4) is 0 Å². The molecular formula is C15H20N2O2. The lowest BCUT2D eigenvalue weighted by Gasteiger charge is -2.25. The molecule has 1 aliphatic rings. The summed E-state index contributed by atoms with van der Waals surface area (Å²) in [5.74, 6) is 0.0181. The Bertz CT molecular complexity index is 456. The van der Waals surface area contributed by atoms with Crippen LogP contribution in [0, 0.1) is 0 Å². The van der Waals surface area contributed by atoms with E-state index < -0.39 is 0 Å². The number of amides is 2. The fourth-order valence-electron chi connectivity index (χ4n) is 2.37. The second-order valence-corrected chi connectivity index (χ2v) is 5.23. The summed E-state index contributed by atoms with van der Waals surface area (Å²) >= 11 is 0. The minimum atomic E-state index is -0.324. The number of carbonyl (C=O) groups excluding carboxylic acids is 2. The maximum Gasteiger partial charge on any atom is 0.243 e. The molecule has 0 spiro atoms. The molecule has 1 aromatic carbocycles. The molecule has 1 fully saturated rings. The first-order valence-corrected chi connectivity index (χ1v) is 6.71. The molecule has 0 radical (unpaired) electrons. The smallest absolute Gasteiger partial charge is 0.243 e. The molecular weight excluding hydrogens is 240 g/mol. The first kappa shape index (κ1) is 13.6. The molecule has 1 N–H and O–H groups in total. The van der Waals surface area contributed by atoms with Crippen molar-refractivity contribution in [1.82, 2.24) is 10.2 Å². The van der Waals surface area contributed by atoms with E-state index in [1.165, 1.54) is 0 Å². The monoisotopic (exact) mass is 260 g/mol. The van der Waals surface area contributed by atoms with Gasteiger partial charge in [-0.25, -0.2) is 0 Å². The molecule has 2 rings (SSSR count). The van der Waals surface area contributed by atoms with Gasteiger partial charge in [-0.1, -0.05) is 30.3 Å². The van der Waals surface area contributed by atoms with Gasteiger partial charge in [-0.05, 0) is 25.8 Å². The Morgan fingerprint density at radius 3 is 2.68 bits per heavy atom. The molecule has 4 heteroatoms. The van der Waals surface area contributed by atoms with Crippen molar-refractivity contribution >= 4 is 11.8 Å². The second kappa shape index (κ2) is 5.87. The highest BCUT2D eigenvalue weighted by Crippen LogP contribution is 2.21. The number of hydrogen-bond donors (Lipinski definition) is 1. The fourth-order valence-corrected chi connectivity index (χ4v) is 2.37. The maximum atomic E-state index is 12.1. The molecule has 102 valence electrons. The Balaban J connectivity index is 2.07. The van der Waals surface area contributed by atoms with Gasteiger partial charge in [-0.15, -0.1) is 0 Å². The molecule has 1 heterocycles. The van der Waals surface area contributed by atoms with Gasteiger partial charge in [0.05, 0.1) is 0 Å². The normalized spacial score (nSPS) is 19.0. The Kier molecular flexibility index (Phi) is 4.20. The van der Waals surface area contributed by atoms with Crippen molar-refractivity contribution in [3.05, 3.63) is 35.9 Å². The highest BCUT2D eigenvalue weighted by molar-refractivity contribution is 5.91. The van der Waals surface area contributed by atoms with Crippen molar-refractivity contribution in [2.75, 3.05) is 0 Å². The summed E-state index contributed by atoms with van der Waals surface area (Å²) in [6.45, 7) is 4.36. The van der Waals surface area contributed by atoms with E-state index in [4.69, 9.17) is 0 Å². The summed E-state index contributed by atoms with van der Waals surface area (Å²) in [6, 6.07) is 9.56. The van der Waals surface area contributed by atoms with Crippen molar-refractivity contribution in [3.8, 4) is 0 Å². The summed E-state index contributed by atoms with van der Waals surface area (Å²) in [7, 11) is 0. The van der Waals surface area contributed by atoms with Gasteiger partial charge in [0, 0.05) is 19.0 Å². The number of hydrogen-bond acceptors (Lipinski definition) is 2. The lowest BCUT2D eigenvalue weighted by atomic mass is 10.1. The van der Waals surface area contributed by atoms with Crippen LogP contribution in [0.2, 0.25) is 0 Å². The number of nitrogens with one attached hydrogen (secondary N) is 1. The van der Waals surface area contributed by atoms with E-state index in [0.717, 1.165) is 5.56 Å². The second-order valence-electron chi connectivity index (χ2n) is 5.23. The van der Waals surface area contributed by atoms with Gasteiger partial charge in [0.25, 0.3) is 0 Å². The Hall–Kier alpha value is -1.84. The zero-order chi connectivity index (χ0) is 13.8. The average molecular weight is 260 g/mol. The van der Waals surface area contributed by atoms with Crippen LogP contribution >= 0.6 is 0 Å². The number of rotatable bonds is 4. The largest absolute Gasteiger partial charge is 0.352 e. The lowest BCUT2D eigenvalue weighted by molar-refractivity contribution is -0.136. The predicted molar refractivity (Wildman–Crippen MR) is 73.3 cm³/mol. The minimum Gasteiger partial charge on any atom is -0.352 e. The first-order valence-electron chi connectivity index (χ1n) is 6.71. The van der Waals surface area contributed by atoms with Gasteiger partial charge >= 0.3 is 0 Å². The Morgan fingerprint density at radius 2 is 2.05 bits per heavy atom. The topological polar surface area (TPSA) is 49.4 Å². The minimum absolute atomic E-state index is 0.0446. The molecule has 1 saturated heterocycles. The first-order chi connectivity index (χ1) is 9.08. The SMILES string of the molecule is CC(C)NC(=O)C1CCC(=O)N1Cc1ccccc1. The summed E-state index contributed by atoms with van der Waals surface area (Å²) in [5.41, 5.74) is 1.06. The molecule has 0 bridgehead atoms. The highest BCUT2D eigenvalue weighted by atomic mass is 16.2. The van der Waals surface area contributed by atoms with Gasteiger partial charge in [0.2, 0.25) is 11.8 Å². The van der Waals surface area contributed by atoms with Gasteiger partial charge in [0.15, 0.2) is 0 Å². The number of nitrogens with zero attached hydrogens (tertiary/aromatic N) is 1. The molecule has 0 saturated carbocycles. The molecule has 19 heavy (non-hydrogen) atoms. The van der Waals surface area contributed by atoms with E-state index in [2.05, 4.69) is 5.32 Å². The van der Waals surface area contributed by atoms with Crippen LogP contribution in [0.5, 0.6) is 0 Å². The molecule has 1 aromatic rings. The third-order valence-electron chi connectivity index (χ3n) is 3.26. The van der Waals surface area contributed by atoms with E-state index in [9.17, 15) is 9.59 Å². The lowest BCUT2D eigenvalue weighted by Crippen LogP contribution is -2.46. The van der Waals surface area contributed by atoms with Crippen LogP contribution in [0.15, 0.2) is 30.3 Å². The van der Waals surface area contributed by atoms with Crippen LogP contribution in [-0.4, -0.2) is 28.8 Å². The van der Waals surface area contributed by atoms with E-state index in [-0.39, 0.29) is 23.9 Å². The third-order valence-corrected chi connectivity index (χ3v) is 3.26. The highest BCUT2D eigenvalue weighted by Gasteiger charge is 2.35. The standard InChI is InChI=1S/C15H20N2O2/c1-11(2)16-15(19)13-8-9-14(18)17(13)10-12-6-4-3-5-7-12/h3-7,11,13H,8-10H2,1-2H3,(H,16,19). The molecule has 1 aliphatic heterocycles. The van der Waals surface area contributed by atoms with Crippen molar-refractivity contribution in [1.29, 1.82) is 0 Å². The molecule has 1 atom stereocenters. The summed E-state index contributed by atoms with van der Waals surface area (Å²) in [4.78, 5) is 25.7.